The Morgan fingerprint density at radius 1 is 0.923 bits per heavy atom. The van der Waals surface area contributed by atoms with Gasteiger partial charge in [-0.2, -0.15) is 0 Å². The van der Waals surface area contributed by atoms with E-state index in [1.807, 2.05) is 23.1 Å². The number of phenolic OH excluding ortho intramolecular Hbond substituents is 2. The van der Waals surface area contributed by atoms with Crippen LogP contribution in [0.5, 0.6) is 23.0 Å². The number of likely N-dealkylation sites (tertiary alicyclic amines) is 1. The fourth-order valence-corrected chi connectivity index (χ4v) is 5.31. The van der Waals surface area contributed by atoms with Crippen molar-refractivity contribution >= 4 is 16.9 Å². The monoisotopic (exact) mass is 529 g/mol. The zero-order valence-electron chi connectivity index (χ0n) is 22.0. The quantitative estimate of drug-likeness (QED) is 0.329. The van der Waals surface area contributed by atoms with Gasteiger partial charge in [0.1, 0.15) is 28.2 Å². The predicted molar refractivity (Wildman–Crippen MR) is 148 cm³/mol. The summed E-state index contributed by atoms with van der Waals surface area (Å²) in [5, 5.41) is 21.8. The van der Waals surface area contributed by atoms with Gasteiger partial charge >= 0.3 is 0 Å². The van der Waals surface area contributed by atoms with E-state index in [2.05, 4.69) is 0 Å². The topological polar surface area (TPSA) is 109 Å². The fourth-order valence-electron chi connectivity index (χ4n) is 5.31. The van der Waals surface area contributed by atoms with E-state index in [1.54, 1.807) is 30.3 Å². The zero-order chi connectivity index (χ0) is 27.5. The molecule has 0 aliphatic carbocycles. The Morgan fingerprint density at radius 2 is 1.64 bits per heavy atom. The lowest BCUT2D eigenvalue weighted by atomic mass is 9.85. The molecule has 202 valence electrons. The fraction of sp³-hybridized carbons (Fsp3) is 0.290. The second-order valence-electron chi connectivity index (χ2n) is 9.69. The number of ether oxygens (including phenoxy) is 2. The molecule has 0 spiro atoms. The first kappa shape index (κ1) is 26.2. The predicted octanol–water partition coefficient (Wildman–Crippen LogP) is 5.42. The van der Waals surface area contributed by atoms with Gasteiger partial charge in [-0.05, 0) is 37.0 Å². The van der Waals surface area contributed by atoms with Crippen LogP contribution in [0.15, 0.2) is 69.9 Å². The van der Waals surface area contributed by atoms with E-state index in [-0.39, 0.29) is 40.4 Å². The van der Waals surface area contributed by atoms with Crippen molar-refractivity contribution in [2.75, 3.05) is 27.3 Å². The van der Waals surface area contributed by atoms with E-state index in [0.29, 0.717) is 35.7 Å². The summed E-state index contributed by atoms with van der Waals surface area (Å²) in [6.45, 7) is 1.35. The van der Waals surface area contributed by atoms with Crippen LogP contribution >= 0.6 is 0 Å². The minimum absolute atomic E-state index is 0.0161. The molecule has 1 fully saturated rings. The molecule has 8 heteroatoms. The molecule has 0 bridgehead atoms. The third-order valence-electron chi connectivity index (χ3n) is 7.30. The number of benzene rings is 3. The maximum atomic E-state index is 13.5. The third-order valence-corrected chi connectivity index (χ3v) is 7.30. The van der Waals surface area contributed by atoms with Gasteiger partial charge in [0.15, 0.2) is 16.9 Å². The van der Waals surface area contributed by atoms with Crippen molar-refractivity contribution < 1.29 is 28.9 Å². The van der Waals surface area contributed by atoms with E-state index in [4.69, 9.17) is 13.9 Å². The van der Waals surface area contributed by atoms with E-state index in [0.717, 1.165) is 25.3 Å². The van der Waals surface area contributed by atoms with Gasteiger partial charge in [-0.1, -0.05) is 36.4 Å². The van der Waals surface area contributed by atoms with Crippen LogP contribution in [-0.2, 0) is 4.79 Å². The van der Waals surface area contributed by atoms with Crippen molar-refractivity contribution in [3.05, 3.63) is 82.0 Å². The van der Waals surface area contributed by atoms with Crippen molar-refractivity contribution in [1.29, 1.82) is 0 Å². The first-order valence-electron chi connectivity index (χ1n) is 13.0. The number of carbonyl (C=O) groups is 1. The Morgan fingerprint density at radius 3 is 2.33 bits per heavy atom. The lowest BCUT2D eigenvalue weighted by Crippen LogP contribution is -2.36. The first-order valence-corrected chi connectivity index (χ1v) is 13.0. The molecule has 1 aliphatic heterocycles. The minimum atomic E-state index is -0.712. The summed E-state index contributed by atoms with van der Waals surface area (Å²) in [4.78, 5) is 28.6. The van der Waals surface area contributed by atoms with E-state index >= 15 is 0 Å². The van der Waals surface area contributed by atoms with Crippen LogP contribution in [0.1, 0.15) is 42.7 Å². The standard InChI is InChI=1S/C31H31NO7/c1-37-25-12-11-20(15-27(25)38-2)21(16-28(36)32-13-7-4-8-14-32)29-22(33)17-23(34)30-24(35)18-26(39-31(29)30)19-9-5-3-6-10-19/h3,5-6,9-12,15,17-18,21,33-34H,4,7-8,13-14,16H2,1-2H3/t21-/m0/s1. The van der Waals surface area contributed by atoms with Gasteiger partial charge in [-0.25, -0.2) is 0 Å². The molecule has 1 atom stereocenters. The number of fused-ring (bicyclic) bond motifs is 1. The zero-order valence-corrected chi connectivity index (χ0v) is 22.0. The molecule has 0 unspecified atom stereocenters. The highest BCUT2D eigenvalue weighted by molar-refractivity contribution is 5.91. The SMILES string of the molecule is COc1ccc([C@H](CC(=O)N2CCCCC2)c2c(O)cc(O)c3c(=O)cc(-c4ccccc4)oc23)cc1OC. The molecular formula is C31H31NO7. The molecule has 4 aromatic rings. The highest BCUT2D eigenvalue weighted by Gasteiger charge is 2.30. The minimum Gasteiger partial charge on any atom is -0.507 e. The lowest BCUT2D eigenvalue weighted by molar-refractivity contribution is -0.132. The molecule has 0 radical (unpaired) electrons. The van der Waals surface area contributed by atoms with E-state index in [9.17, 15) is 19.8 Å². The van der Waals surface area contributed by atoms with E-state index < -0.39 is 17.1 Å². The van der Waals surface area contributed by atoms with Crippen LogP contribution in [0.25, 0.3) is 22.3 Å². The molecule has 0 saturated carbocycles. The number of hydrogen-bond donors (Lipinski definition) is 2. The molecule has 2 N–H and O–H groups in total. The molecule has 1 aliphatic rings. The number of carbonyl (C=O) groups excluding carboxylic acids is 1. The highest BCUT2D eigenvalue weighted by Crippen LogP contribution is 2.44. The summed E-state index contributed by atoms with van der Waals surface area (Å²) in [5.74, 6) is -0.201. The number of piperidine rings is 1. The van der Waals surface area contributed by atoms with Crippen LogP contribution in [0.3, 0.4) is 0 Å². The average molecular weight is 530 g/mol. The van der Waals surface area contributed by atoms with Gasteiger partial charge in [-0.3, -0.25) is 9.59 Å². The Hall–Kier alpha value is -4.46. The number of hydrogen-bond acceptors (Lipinski definition) is 7. The molecule has 8 nitrogen and oxygen atoms in total. The van der Waals surface area contributed by atoms with Crippen molar-refractivity contribution in [2.24, 2.45) is 0 Å². The van der Waals surface area contributed by atoms with Crippen LogP contribution in [0.2, 0.25) is 0 Å². The number of phenols is 2. The van der Waals surface area contributed by atoms with Crippen molar-refractivity contribution in [3.8, 4) is 34.3 Å². The maximum absolute atomic E-state index is 13.5. The molecule has 1 saturated heterocycles. The number of aromatic hydroxyl groups is 2. The molecule has 1 aromatic heterocycles. The van der Waals surface area contributed by atoms with Crippen LogP contribution in [-0.4, -0.2) is 48.3 Å². The summed E-state index contributed by atoms with van der Waals surface area (Å²) in [5.41, 5.74) is 1.15. The summed E-state index contributed by atoms with van der Waals surface area (Å²) >= 11 is 0. The van der Waals surface area contributed by atoms with Gasteiger partial charge in [0.2, 0.25) is 5.91 Å². The summed E-state index contributed by atoms with van der Waals surface area (Å²) < 4.78 is 17.2. The molecule has 2 heterocycles. The van der Waals surface area contributed by atoms with Gasteiger partial charge in [0.05, 0.1) is 14.2 Å². The number of methoxy groups -OCH3 is 2. The number of amides is 1. The second-order valence-corrected chi connectivity index (χ2v) is 9.69. The van der Waals surface area contributed by atoms with Crippen LogP contribution < -0.4 is 14.9 Å². The molecular weight excluding hydrogens is 498 g/mol. The Balaban J connectivity index is 1.74. The third kappa shape index (κ3) is 5.14. The smallest absolute Gasteiger partial charge is 0.223 e. The summed E-state index contributed by atoms with van der Waals surface area (Å²) in [6.07, 6.45) is 2.98. The Bertz CT molecular complexity index is 1560. The van der Waals surface area contributed by atoms with Gasteiger partial charge in [0.25, 0.3) is 0 Å². The molecule has 1 amide bonds. The van der Waals surface area contributed by atoms with Crippen LogP contribution in [0, 0.1) is 0 Å². The Kier molecular flexibility index (Phi) is 7.45. The lowest BCUT2D eigenvalue weighted by Gasteiger charge is -2.29. The van der Waals surface area contributed by atoms with Gasteiger partial charge < -0.3 is 29.0 Å². The summed E-state index contributed by atoms with van der Waals surface area (Å²) in [6, 6.07) is 16.8. The van der Waals surface area contributed by atoms with Gasteiger partial charge in [-0.15, -0.1) is 0 Å². The largest absolute Gasteiger partial charge is 0.507 e. The number of rotatable bonds is 7. The van der Waals surface area contributed by atoms with Crippen molar-refractivity contribution in [2.45, 2.75) is 31.6 Å². The van der Waals surface area contributed by atoms with Gasteiger partial charge in [0, 0.05) is 48.7 Å². The molecule has 5 rings (SSSR count). The molecule has 39 heavy (non-hydrogen) atoms. The second kappa shape index (κ2) is 11.1. The Labute approximate surface area is 226 Å². The average Bonchev–Trinajstić information content (AvgIpc) is 2.96. The van der Waals surface area contributed by atoms with Crippen molar-refractivity contribution in [3.63, 3.8) is 0 Å². The summed E-state index contributed by atoms with van der Waals surface area (Å²) in [7, 11) is 3.06. The highest BCUT2D eigenvalue weighted by atomic mass is 16.5. The normalized spacial score (nSPS) is 14.3. The van der Waals surface area contributed by atoms with Crippen LogP contribution in [0.4, 0.5) is 0 Å². The number of nitrogens with zero attached hydrogens (tertiary/aromatic N) is 1. The van der Waals surface area contributed by atoms with Crippen molar-refractivity contribution in [1.82, 2.24) is 4.90 Å². The first-order chi connectivity index (χ1) is 18.9. The molecule has 3 aromatic carbocycles. The maximum Gasteiger partial charge on any atom is 0.223 e. The van der Waals surface area contributed by atoms with E-state index in [1.165, 1.54) is 20.3 Å².